The summed E-state index contributed by atoms with van der Waals surface area (Å²) in [6, 6.07) is -1.37. The molecule has 1 aliphatic heterocycles. The van der Waals surface area contributed by atoms with Crippen molar-refractivity contribution < 1.29 is 46.8 Å². The lowest BCUT2D eigenvalue weighted by Gasteiger charge is -2.27. The number of carbonyl (C=O) groups is 2. The van der Waals surface area contributed by atoms with Gasteiger partial charge in [-0.15, -0.1) is 0 Å². The Balaban J connectivity index is 2.25. The number of hydrogen-bond donors (Lipinski definition) is 4. The zero-order valence-electron chi connectivity index (χ0n) is 21.8. The summed E-state index contributed by atoms with van der Waals surface area (Å²) >= 11 is 0. The Bertz CT molecular complexity index is 1070. The van der Waals surface area contributed by atoms with E-state index in [0.717, 1.165) is 12.3 Å². The number of nitrogen functional groups attached to an aromatic ring is 1. The maximum absolute atomic E-state index is 14.8. The number of ether oxygens (including phenoxy) is 3. The quantitative estimate of drug-likeness (QED) is 0.203. The molecule has 1 aromatic rings. The molecule has 17 heteroatoms. The number of aliphatic hydroxyl groups excluding tert-OH is 1. The first-order valence-corrected chi connectivity index (χ1v) is 13.4. The van der Waals surface area contributed by atoms with Crippen LogP contribution in [0, 0.1) is 0 Å². The summed E-state index contributed by atoms with van der Waals surface area (Å²) in [5, 5.41) is 15.0. The molecule has 0 aliphatic carbocycles. The number of aliphatic hydroxyl groups is 1. The van der Waals surface area contributed by atoms with Crippen molar-refractivity contribution in [2.24, 2.45) is 0 Å². The number of rotatable bonds is 12. The monoisotopic (exact) mass is 569 g/mol. The van der Waals surface area contributed by atoms with Gasteiger partial charge in [-0.1, -0.05) is 0 Å². The van der Waals surface area contributed by atoms with Crippen LogP contribution in [0.2, 0.25) is 0 Å². The fourth-order valence-electron chi connectivity index (χ4n) is 3.28. The Hall–Kier alpha value is -2.49. The number of hydrogen-bond acceptors (Lipinski definition) is 11. The van der Waals surface area contributed by atoms with Gasteiger partial charge in [-0.2, -0.15) is 13.8 Å². The van der Waals surface area contributed by atoms with Crippen molar-refractivity contribution in [3.8, 4) is 0 Å². The van der Waals surface area contributed by atoms with Crippen molar-refractivity contribution in [1.82, 2.24) is 19.7 Å². The molecular weight excluding hydrogens is 535 g/mol. The van der Waals surface area contributed by atoms with E-state index >= 15 is 0 Å². The molecule has 0 aromatic carbocycles. The van der Waals surface area contributed by atoms with Crippen LogP contribution in [0.5, 0.6) is 0 Å². The molecule has 2 rings (SSSR count). The van der Waals surface area contributed by atoms with E-state index < -0.39 is 80.6 Å². The third kappa shape index (κ3) is 8.01. The van der Waals surface area contributed by atoms with Crippen molar-refractivity contribution in [3.63, 3.8) is 0 Å². The van der Waals surface area contributed by atoms with Crippen LogP contribution >= 0.6 is 7.67 Å². The van der Waals surface area contributed by atoms with Gasteiger partial charge in [-0.05, 0) is 47.6 Å². The molecule has 216 valence electrons. The second-order valence-electron chi connectivity index (χ2n) is 9.21. The lowest BCUT2D eigenvalue weighted by atomic mass is 10.1. The summed E-state index contributed by atoms with van der Waals surface area (Å²) < 4.78 is 64.4. The molecule has 0 unspecified atom stereocenters. The molecular formula is C21H34F2N5O9P. The van der Waals surface area contributed by atoms with Crippen molar-refractivity contribution in [2.75, 3.05) is 12.3 Å². The number of anilines is 1. The molecule has 38 heavy (non-hydrogen) atoms. The van der Waals surface area contributed by atoms with Crippen LogP contribution in [-0.2, 0) is 32.9 Å². The molecule has 5 atom stereocenters. The summed E-state index contributed by atoms with van der Waals surface area (Å²) in [4.78, 5) is 39.9. The minimum absolute atomic E-state index is 0.207. The average molecular weight is 569 g/mol. The molecule has 0 bridgehead atoms. The zero-order valence-corrected chi connectivity index (χ0v) is 22.7. The summed E-state index contributed by atoms with van der Waals surface area (Å²) in [7, 11) is -4.39. The van der Waals surface area contributed by atoms with E-state index in [0.29, 0.717) is 4.57 Å². The van der Waals surface area contributed by atoms with E-state index in [9.17, 15) is 32.8 Å². The predicted molar refractivity (Wildman–Crippen MR) is 129 cm³/mol. The highest BCUT2D eigenvalue weighted by atomic mass is 31.2. The normalized spacial score (nSPS) is 22.9. The van der Waals surface area contributed by atoms with Gasteiger partial charge in [-0.25, -0.2) is 15.0 Å². The number of carbonyl (C=O) groups excluding carboxylic acids is 2. The molecule has 0 saturated carbocycles. The van der Waals surface area contributed by atoms with Crippen molar-refractivity contribution in [3.05, 3.63) is 22.7 Å². The maximum Gasteiger partial charge on any atom is 0.351 e. The summed E-state index contributed by atoms with van der Waals surface area (Å²) in [5.41, 5.74) is 4.24. The molecule has 1 fully saturated rings. The molecule has 1 aromatic heterocycles. The Morgan fingerprint density at radius 1 is 1.16 bits per heavy atom. The number of alkyl halides is 2. The van der Waals surface area contributed by atoms with E-state index in [1.165, 1.54) is 13.8 Å². The fourth-order valence-corrected chi connectivity index (χ4v) is 5.10. The highest BCUT2D eigenvalue weighted by Gasteiger charge is 2.60. The van der Waals surface area contributed by atoms with Gasteiger partial charge in [0.05, 0.1) is 18.8 Å². The summed E-state index contributed by atoms with van der Waals surface area (Å²) in [5.74, 6) is -5.80. The lowest BCUT2D eigenvalue weighted by Crippen LogP contribution is -2.44. The molecule has 0 amide bonds. The number of nitrogens with two attached hydrogens (primary N) is 1. The number of aromatic nitrogens is 2. The second-order valence-corrected chi connectivity index (χ2v) is 11.1. The van der Waals surface area contributed by atoms with Gasteiger partial charge in [-0.3, -0.25) is 18.7 Å². The highest BCUT2D eigenvalue weighted by Crippen LogP contribution is 2.45. The fraction of sp³-hybridized carbons (Fsp3) is 0.714. The Morgan fingerprint density at radius 3 is 2.11 bits per heavy atom. The van der Waals surface area contributed by atoms with Crippen LogP contribution in [0.1, 0.15) is 47.8 Å². The topological polar surface area (TPSA) is 193 Å². The predicted octanol–water partition coefficient (Wildman–Crippen LogP) is 0.703. The minimum atomic E-state index is -4.39. The van der Waals surface area contributed by atoms with Crippen LogP contribution in [-0.4, -0.2) is 75.6 Å². The molecule has 5 N–H and O–H groups in total. The van der Waals surface area contributed by atoms with Crippen molar-refractivity contribution in [2.45, 2.75) is 90.2 Å². The molecule has 1 saturated heterocycles. The molecule has 0 radical (unpaired) electrons. The molecule has 2 heterocycles. The third-order valence-corrected chi connectivity index (χ3v) is 7.01. The summed E-state index contributed by atoms with van der Waals surface area (Å²) in [6.07, 6.45) is -6.60. The van der Waals surface area contributed by atoms with Gasteiger partial charge in [0, 0.05) is 6.20 Å². The van der Waals surface area contributed by atoms with Crippen LogP contribution < -0.4 is 21.6 Å². The lowest BCUT2D eigenvalue weighted by molar-refractivity contribution is -0.149. The van der Waals surface area contributed by atoms with Crippen LogP contribution in [0.25, 0.3) is 0 Å². The third-order valence-electron chi connectivity index (χ3n) is 5.04. The standard InChI is InChI=1S/C21H34F2N5O9P/c1-10(2)35-17(30)12(5)26-38(33,27-13(6)18(31)36-11(3)4)34-9-14-16(29)21(22,23)19(37-14)28-8-7-15(24)25-20(28)32/h7-8,10-14,16,19,29H,9H2,1-6H3,(H2,24,25,32)(H2,26,27,33)/t12-,13-,14+,16+,19+/m0/s1. The molecule has 0 spiro atoms. The van der Waals surface area contributed by atoms with E-state index in [-0.39, 0.29) is 5.82 Å². The van der Waals surface area contributed by atoms with Crippen LogP contribution in [0.4, 0.5) is 14.6 Å². The van der Waals surface area contributed by atoms with Gasteiger partial charge in [0.1, 0.15) is 24.0 Å². The van der Waals surface area contributed by atoms with Crippen LogP contribution in [0.3, 0.4) is 0 Å². The van der Waals surface area contributed by atoms with Crippen molar-refractivity contribution >= 4 is 25.4 Å². The van der Waals surface area contributed by atoms with Gasteiger partial charge in [0.25, 0.3) is 0 Å². The average Bonchev–Trinajstić information content (AvgIpc) is 3.00. The molecule has 1 aliphatic rings. The minimum Gasteiger partial charge on any atom is -0.462 e. The summed E-state index contributed by atoms with van der Waals surface area (Å²) in [6.45, 7) is 8.11. The number of halogens is 2. The molecule has 14 nitrogen and oxygen atoms in total. The van der Waals surface area contributed by atoms with E-state index in [1.54, 1.807) is 27.7 Å². The Kier molecular flexibility index (Phi) is 10.5. The first-order valence-electron chi connectivity index (χ1n) is 11.7. The number of nitrogens with one attached hydrogen (secondary N) is 2. The Labute approximate surface area is 217 Å². The largest absolute Gasteiger partial charge is 0.462 e. The van der Waals surface area contributed by atoms with Gasteiger partial charge < -0.3 is 29.6 Å². The van der Waals surface area contributed by atoms with Gasteiger partial charge >= 0.3 is 31.2 Å². The van der Waals surface area contributed by atoms with Crippen molar-refractivity contribution in [1.29, 1.82) is 0 Å². The highest BCUT2D eigenvalue weighted by molar-refractivity contribution is 7.54. The Morgan fingerprint density at radius 2 is 1.66 bits per heavy atom. The second kappa shape index (κ2) is 12.6. The maximum atomic E-state index is 14.8. The number of esters is 2. The first kappa shape index (κ1) is 31.7. The van der Waals surface area contributed by atoms with E-state index in [2.05, 4.69) is 15.2 Å². The van der Waals surface area contributed by atoms with E-state index in [1.807, 2.05) is 0 Å². The van der Waals surface area contributed by atoms with E-state index in [4.69, 9.17) is 24.5 Å². The SMILES string of the molecule is CC(C)OC(=O)[C@H](C)NP(=O)(N[C@@H](C)C(=O)OC(C)C)OC[C@H]1O[C@@H](n2ccc(N)nc2=O)C(F)(F)[C@@H]1O. The van der Waals surface area contributed by atoms with Gasteiger partial charge in [0.15, 0.2) is 6.10 Å². The first-order chi connectivity index (χ1) is 17.5. The van der Waals surface area contributed by atoms with Crippen LogP contribution in [0.15, 0.2) is 17.1 Å². The smallest absolute Gasteiger partial charge is 0.351 e. The van der Waals surface area contributed by atoms with Gasteiger partial charge in [0.2, 0.25) is 6.23 Å². The number of nitrogens with zero attached hydrogens (tertiary/aromatic N) is 2. The zero-order chi connectivity index (χ0) is 29.0.